The number of nitrogen functional groups attached to an aromatic ring is 1. The van der Waals surface area contributed by atoms with E-state index in [1.165, 1.54) is 11.8 Å². The number of hydrogen-bond acceptors (Lipinski definition) is 6. The van der Waals surface area contributed by atoms with Crippen LogP contribution in [0.25, 0.3) is 10.9 Å². The van der Waals surface area contributed by atoms with Crippen LogP contribution in [0.3, 0.4) is 0 Å². The second-order valence-corrected chi connectivity index (χ2v) is 4.83. The lowest BCUT2D eigenvalue weighted by molar-refractivity contribution is -0.139. The third-order valence-electron chi connectivity index (χ3n) is 2.44. The van der Waals surface area contributed by atoms with Gasteiger partial charge in [-0.1, -0.05) is 12.1 Å². The molecule has 0 saturated carbocycles. The summed E-state index contributed by atoms with van der Waals surface area (Å²) in [7, 11) is 0. The highest BCUT2D eigenvalue weighted by Gasteiger charge is 2.07. The largest absolute Gasteiger partial charge is 0.465 e. The zero-order valence-corrected chi connectivity index (χ0v) is 11.4. The van der Waals surface area contributed by atoms with Crippen molar-refractivity contribution >= 4 is 34.5 Å². The SMILES string of the molecule is CCOC(=O)CSCc1nc(N)c2ccccc2n1. The predicted octanol–water partition coefficient (Wildman–Crippen LogP) is 2.01. The Balaban J connectivity index is 2.03. The maximum atomic E-state index is 11.2. The van der Waals surface area contributed by atoms with Gasteiger partial charge in [0.15, 0.2) is 0 Å². The standard InChI is InChI=1S/C13H15N3O2S/c1-2-18-12(17)8-19-7-11-15-10-6-4-3-5-9(10)13(14)16-11/h3-6H,2,7-8H2,1H3,(H2,14,15,16). The molecule has 0 atom stereocenters. The van der Waals surface area contributed by atoms with Gasteiger partial charge in [-0.3, -0.25) is 4.79 Å². The molecular weight excluding hydrogens is 262 g/mol. The van der Waals surface area contributed by atoms with E-state index >= 15 is 0 Å². The van der Waals surface area contributed by atoms with E-state index in [0.717, 1.165) is 10.9 Å². The molecule has 2 N–H and O–H groups in total. The Morgan fingerprint density at radius 2 is 2.16 bits per heavy atom. The summed E-state index contributed by atoms with van der Waals surface area (Å²) in [5.74, 6) is 1.71. The number of aromatic nitrogens is 2. The molecule has 100 valence electrons. The fraction of sp³-hybridized carbons (Fsp3) is 0.308. The molecule has 0 unspecified atom stereocenters. The number of anilines is 1. The Bertz CT molecular complexity index is 589. The van der Waals surface area contributed by atoms with Gasteiger partial charge in [0.1, 0.15) is 11.6 Å². The average Bonchev–Trinajstić information content (AvgIpc) is 2.39. The number of para-hydroxylation sites is 1. The van der Waals surface area contributed by atoms with E-state index in [1.54, 1.807) is 6.92 Å². The molecule has 2 rings (SSSR count). The van der Waals surface area contributed by atoms with Gasteiger partial charge in [0, 0.05) is 5.39 Å². The van der Waals surface area contributed by atoms with Crippen LogP contribution < -0.4 is 5.73 Å². The minimum Gasteiger partial charge on any atom is -0.465 e. The van der Waals surface area contributed by atoms with Crippen LogP contribution in [0.5, 0.6) is 0 Å². The topological polar surface area (TPSA) is 78.1 Å². The van der Waals surface area contributed by atoms with Gasteiger partial charge in [0.05, 0.1) is 23.6 Å². The first-order chi connectivity index (χ1) is 9.20. The van der Waals surface area contributed by atoms with Crippen molar-refractivity contribution < 1.29 is 9.53 Å². The minimum absolute atomic E-state index is 0.221. The summed E-state index contributed by atoms with van der Waals surface area (Å²) >= 11 is 1.42. The summed E-state index contributed by atoms with van der Waals surface area (Å²) in [6.07, 6.45) is 0. The number of esters is 1. The van der Waals surface area contributed by atoms with E-state index < -0.39 is 0 Å². The molecule has 0 aliphatic heterocycles. The Morgan fingerprint density at radius 1 is 1.37 bits per heavy atom. The van der Waals surface area contributed by atoms with Gasteiger partial charge in [-0.25, -0.2) is 9.97 Å². The lowest BCUT2D eigenvalue weighted by Crippen LogP contribution is -2.07. The Hall–Kier alpha value is -1.82. The summed E-state index contributed by atoms with van der Waals surface area (Å²) in [6, 6.07) is 7.59. The van der Waals surface area contributed by atoms with Crippen molar-refractivity contribution in [2.45, 2.75) is 12.7 Å². The Morgan fingerprint density at radius 3 is 2.95 bits per heavy atom. The zero-order chi connectivity index (χ0) is 13.7. The van der Waals surface area contributed by atoms with Gasteiger partial charge in [0.25, 0.3) is 0 Å². The zero-order valence-electron chi connectivity index (χ0n) is 10.6. The molecule has 2 aromatic rings. The lowest BCUT2D eigenvalue weighted by atomic mass is 10.2. The number of thioether (sulfide) groups is 1. The fourth-order valence-corrected chi connectivity index (χ4v) is 2.31. The summed E-state index contributed by atoms with van der Waals surface area (Å²) in [4.78, 5) is 19.9. The normalized spacial score (nSPS) is 10.6. The predicted molar refractivity (Wildman–Crippen MR) is 76.7 cm³/mol. The third-order valence-corrected chi connectivity index (χ3v) is 3.34. The van der Waals surface area contributed by atoms with Crippen LogP contribution in [-0.2, 0) is 15.3 Å². The van der Waals surface area contributed by atoms with Crippen LogP contribution in [0.15, 0.2) is 24.3 Å². The number of carbonyl (C=O) groups is 1. The fourth-order valence-electron chi connectivity index (χ4n) is 1.64. The molecule has 1 aromatic carbocycles. The van der Waals surface area contributed by atoms with Crippen LogP contribution in [0.2, 0.25) is 0 Å². The smallest absolute Gasteiger partial charge is 0.315 e. The number of nitrogens with zero attached hydrogens (tertiary/aromatic N) is 2. The van der Waals surface area contributed by atoms with Crippen LogP contribution in [0, 0.1) is 0 Å². The van der Waals surface area contributed by atoms with Gasteiger partial charge in [-0.2, -0.15) is 0 Å². The molecule has 0 spiro atoms. The highest BCUT2D eigenvalue weighted by atomic mass is 32.2. The van der Waals surface area contributed by atoms with Crippen molar-refractivity contribution in [3.8, 4) is 0 Å². The molecule has 19 heavy (non-hydrogen) atoms. The summed E-state index contributed by atoms with van der Waals surface area (Å²) in [5.41, 5.74) is 6.71. The molecule has 0 aliphatic carbocycles. The highest BCUT2D eigenvalue weighted by Crippen LogP contribution is 2.19. The molecule has 0 fully saturated rings. The quantitative estimate of drug-likeness (QED) is 0.842. The van der Waals surface area contributed by atoms with Crippen LogP contribution >= 0.6 is 11.8 Å². The van der Waals surface area contributed by atoms with Gasteiger partial charge in [0.2, 0.25) is 0 Å². The van der Waals surface area contributed by atoms with Crippen molar-refractivity contribution in [3.05, 3.63) is 30.1 Å². The summed E-state index contributed by atoms with van der Waals surface area (Å²) < 4.78 is 4.85. The second-order valence-electron chi connectivity index (χ2n) is 3.84. The molecule has 0 saturated heterocycles. The van der Waals surface area contributed by atoms with Crippen LogP contribution in [0.1, 0.15) is 12.7 Å². The minimum atomic E-state index is -0.221. The molecule has 1 heterocycles. The second kappa shape index (κ2) is 6.38. The summed E-state index contributed by atoms with van der Waals surface area (Å²) in [5, 5.41) is 0.849. The Kier molecular flexibility index (Phi) is 4.57. The van der Waals surface area contributed by atoms with Crippen LogP contribution in [-0.4, -0.2) is 28.3 Å². The molecular formula is C13H15N3O2S. The van der Waals surface area contributed by atoms with E-state index in [2.05, 4.69) is 9.97 Å². The van der Waals surface area contributed by atoms with Gasteiger partial charge >= 0.3 is 5.97 Å². The van der Waals surface area contributed by atoms with Crippen molar-refractivity contribution in [1.29, 1.82) is 0 Å². The van der Waals surface area contributed by atoms with E-state index in [1.807, 2.05) is 24.3 Å². The monoisotopic (exact) mass is 277 g/mol. The van der Waals surface area contributed by atoms with Gasteiger partial charge in [-0.15, -0.1) is 11.8 Å². The molecule has 6 heteroatoms. The maximum Gasteiger partial charge on any atom is 0.315 e. The first-order valence-corrected chi connectivity index (χ1v) is 7.10. The first kappa shape index (κ1) is 13.6. The van der Waals surface area contributed by atoms with E-state index in [9.17, 15) is 4.79 Å². The number of nitrogens with two attached hydrogens (primary N) is 1. The van der Waals surface area contributed by atoms with E-state index in [4.69, 9.17) is 10.5 Å². The van der Waals surface area contributed by atoms with Crippen molar-refractivity contribution in [3.63, 3.8) is 0 Å². The summed E-state index contributed by atoms with van der Waals surface area (Å²) in [6.45, 7) is 2.19. The highest BCUT2D eigenvalue weighted by molar-refractivity contribution is 7.99. The van der Waals surface area contributed by atoms with Crippen molar-refractivity contribution in [2.24, 2.45) is 0 Å². The van der Waals surface area contributed by atoms with Gasteiger partial charge in [-0.05, 0) is 19.1 Å². The molecule has 5 nitrogen and oxygen atoms in total. The molecule has 0 radical (unpaired) electrons. The van der Waals surface area contributed by atoms with Crippen LogP contribution in [0.4, 0.5) is 5.82 Å². The lowest BCUT2D eigenvalue weighted by Gasteiger charge is -2.05. The number of ether oxygens (including phenoxy) is 1. The maximum absolute atomic E-state index is 11.2. The number of hydrogen-bond donors (Lipinski definition) is 1. The van der Waals surface area contributed by atoms with Gasteiger partial charge < -0.3 is 10.5 Å². The first-order valence-electron chi connectivity index (χ1n) is 5.95. The Labute approximate surface area is 115 Å². The molecule has 1 aromatic heterocycles. The number of fused-ring (bicyclic) bond motifs is 1. The van der Waals surface area contributed by atoms with E-state index in [-0.39, 0.29) is 5.97 Å². The van der Waals surface area contributed by atoms with Crippen molar-refractivity contribution in [2.75, 3.05) is 18.1 Å². The third kappa shape index (κ3) is 3.57. The van der Waals surface area contributed by atoms with Crippen molar-refractivity contribution in [1.82, 2.24) is 9.97 Å². The average molecular weight is 277 g/mol. The number of benzene rings is 1. The number of carbonyl (C=O) groups excluding carboxylic acids is 1. The molecule has 0 amide bonds. The molecule has 0 bridgehead atoms. The number of rotatable bonds is 5. The molecule has 0 aliphatic rings. The van der Waals surface area contributed by atoms with E-state index in [0.29, 0.717) is 29.8 Å².